The quantitative estimate of drug-likeness (QED) is 0.444. The first-order valence-electron chi connectivity index (χ1n) is 9.17. The molecule has 3 rings (SSSR count). The highest BCUT2D eigenvalue weighted by Crippen LogP contribution is 2.37. The van der Waals surface area contributed by atoms with Crippen LogP contribution in [0.2, 0.25) is 0 Å². The number of nitrogens with one attached hydrogen (secondary N) is 1. The average Bonchev–Trinajstić information content (AvgIpc) is 2.91. The first-order chi connectivity index (χ1) is 13.5. The van der Waals surface area contributed by atoms with Crippen molar-refractivity contribution < 1.29 is 37.1 Å². The summed E-state index contributed by atoms with van der Waals surface area (Å²) in [4.78, 5) is 36.3. The number of carbonyl (C=O) groups is 3. The van der Waals surface area contributed by atoms with Crippen LogP contribution in [0.4, 0.5) is 17.6 Å². The summed E-state index contributed by atoms with van der Waals surface area (Å²) >= 11 is 0. The van der Waals surface area contributed by atoms with Crippen molar-refractivity contribution in [3.8, 4) is 0 Å². The molecule has 0 aromatic heterocycles. The lowest BCUT2D eigenvalue weighted by Gasteiger charge is -2.37. The molecule has 0 spiro atoms. The number of nitrogens with zero attached hydrogens (tertiary/aromatic N) is 1. The minimum Gasteiger partial charge on any atom is -0.385 e. The van der Waals surface area contributed by atoms with Gasteiger partial charge in [-0.3, -0.25) is 14.4 Å². The summed E-state index contributed by atoms with van der Waals surface area (Å²) in [5.41, 5.74) is -0.611. The SMILES string of the molecule is O=C(NC1CCC(O)(c2ccc(F)cc2)CC1)C1CN(CC(F)(F)F)C(=O)C1=O. The molecular weight excluding hydrogens is 396 g/mol. The molecule has 2 N–H and O–H groups in total. The van der Waals surface area contributed by atoms with Crippen molar-refractivity contribution in [1.82, 2.24) is 10.2 Å². The molecule has 2 amide bonds. The topological polar surface area (TPSA) is 86.7 Å². The first kappa shape index (κ1) is 21.2. The molecule has 10 heteroatoms. The minimum atomic E-state index is -4.66. The highest BCUT2D eigenvalue weighted by molar-refractivity contribution is 6.42. The first-order valence-corrected chi connectivity index (χ1v) is 9.17. The van der Waals surface area contributed by atoms with E-state index in [0.29, 0.717) is 23.3 Å². The molecule has 1 aliphatic heterocycles. The van der Waals surface area contributed by atoms with Gasteiger partial charge in [0.05, 0.1) is 5.60 Å². The molecule has 1 aliphatic carbocycles. The van der Waals surface area contributed by atoms with Crippen molar-refractivity contribution in [2.75, 3.05) is 13.1 Å². The molecule has 0 radical (unpaired) electrons. The average molecular weight is 416 g/mol. The van der Waals surface area contributed by atoms with Crippen molar-refractivity contribution in [3.05, 3.63) is 35.6 Å². The van der Waals surface area contributed by atoms with Crippen LogP contribution in [0, 0.1) is 11.7 Å². The normalized spacial score (nSPS) is 28.0. The van der Waals surface area contributed by atoms with Crippen LogP contribution in [0.5, 0.6) is 0 Å². The van der Waals surface area contributed by atoms with Gasteiger partial charge in [0.2, 0.25) is 11.7 Å². The van der Waals surface area contributed by atoms with Crippen molar-refractivity contribution in [2.45, 2.75) is 43.5 Å². The Bertz CT molecular complexity index is 801. The number of hydrogen-bond acceptors (Lipinski definition) is 4. The molecule has 158 valence electrons. The van der Waals surface area contributed by atoms with Crippen LogP contribution in [-0.4, -0.2) is 52.9 Å². The molecule has 1 saturated carbocycles. The maximum absolute atomic E-state index is 13.1. The van der Waals surface area contributed by atoms with Gasteiger partial charge >= 0.3 is 6.18 Å². The molecule has 1 unspecified atom stereocenters. The minimum absolute atomic E-state index is 0.279. The number of halogens is 4. The Hall–Kier alpha value is -2.49. The monoisotopic (exact) mass is 416 g/mol. The smallest absolute Gasteiger partial charge is 0.385 e. The molecule has 0 bridgehead atoms. The van der Waals surface area contributed by atoms with E-state index in [9.17, 15) is 37.1 Å². The fraction of sp³-hybridized carbons (Fsp3) is 0.526. The summed E-state index contributed by atoms with van der Waals surface area (Å²) in [6.07, 6.45) is -3.38. The van der Waals surface area contributed by atoms with E-state index >= 15 is 0 Å². The van der Waals surface area contributed by atoms with Crippen LogP contribution in [0.25, 0.3) is 0 Å². The third-order valence-electron chi connectivity index (χ3n) is 5.44. The van der Waals surface area contributed by atoms with E-state index in [-0.39, 0.29) is 18.9 Å². The zero-order valence-electron chi connectivity index (χ0n) is 15.3. The Labute approximate surface area is 163 Å². The second-order valence-corrected chi connectivity index (χ2v) is 7.54. The summed E-state index contributed by atoms with van der Waals surface area (Å²) in [5.74, 6) is -5.14. The summed E-state index contributed by atoms with van der Waals surface area (Å²) in [5, 5.41) is 13.4. The van der Waals surface area contributed by atoms with Gasteiger partial charge in [-0.05, 0) is 43.4 Å². The van der Waals surface area contributed by atoms with Crippen LogP contribution in [0.1, 0.15) is 31.2 Å². The van der Waals surface area contributed by atoms with Crippen LogP contribution in [0.15, 0.2) is 24.3 Å². The predicted molar refractivity (Wildman–Crippen MR) is 91.8 cm³/mol. The zero-order valence-corrected chi connectivity index (χ0v) is 15.3. The van der Waals surface area contributed by atoms with Gasteiger partial charge in [0.1, 0.15) is 18.3 Å². The summed E-state index contributed by atoms with van der Waals surface area (Å²) in [7, 11) is 0. The number of hydrogen-bond donors (Lipinski definition) is 2. The second-order valence-electron chi connectivity index (χ2n) is 7.54. The van der Waals surface area contributed by atoms with Gasteiger partial charge in [-0.1, -0.05) is 12.1 Å². The number of carbonyl (C=O) groups excluding carboxylic acids is 3. The Balaban J connectivity index is 1.56. The van der Waals surface area contributed by atoms with Crippen molar-refractivity contribution in [1.29, 1.82) is 0 Å². The molecule has 1 saturated heterocycles. The molecule has 1 heterocycles. The Morgan fingerprint density at radius 1 is 1.17 bits per heavy atom. The van der Waals surface area contributed by atoms with Crippen LogP contribution in [0.3, 0.4) is 0 Å². The molecule has 1 aromatic carbocycles. The number of likely N-dealkylation sites (tertiary alicyclic amines) is 1. The fourth-order valence-electron chi connectivity index (χ4n) is 3.84. The Morgan fingerprint density at radius 2 is 1.76 bits per heavy atom. The lowest BCUT2D eigenvalue weighted by atomic mass is 9.77. The number of Topliss-reactive ketones (excluding diaryl/α,β-unsaturated/α-hetero) is 1. The van der Waals surface area contributed by atoms with Gasteiger partial charge in [-0.25, -0.2) is 4.39 Å². The van der Waals surface area contributed by atoms with E-state index in [1.165, 1.54) is 24.3 Å². The number of aliphatic hydroxyl groups is 1. The fourth-order valence-corrected chi connectivity index (χ4v) is 3.84. The highest BCUT2D eigenvalue weighted by atomic mass is 19.4. The predicted octanol–water partition coefficient (Wildman–Crippen LogP) is 1.66. The van der Waals surface area contributed by atoms with E-state index in [1.807, 2.05) is 0 Å². The number of benzene rings is 1. The third-order valence-corrected chi connectivity index (χ3v) is 5.44. The number of alkyl halides is 3. The van der Waals surface area contributed by atoms with E-state index < -0.39 is 54.2 Å². The molecule has 6 nitrogen and oxygen atoms in total. The van der Waals surface area contributed by atoms with Crippen molar-refractivity contribution in [2.24, 2.45) is 5.92 Å². The van der Waals surface area contributed by atoms with E-state index in [4.69, 9.17) is 0 Å². The second kappa shape index (κ2) is 7.74. The molecule has 29 heavy (non-hydrogen) atoms. The van der Waals surface area contributed by atoms with E-state index in [2.05, 4.69) is 5.32 Å². The van der Waals surface area contributed by atoms with Crippen LogP contribution >= 0.6 is 0 Å². The lowest BCUT2D eigenvalue weighted by molar-refractivity contribution is -0.159. The molecular formula is C19H20F4N2O4. The molecule has 2 aliphatic rings. The maximum atomic E-state index is 13.1. The third kappa shape index (κ3) is 4.75. The van der Waals surface area contributed by atoms with E-state index in [0.717, 1.165) is 0 Å². The van der Waals surface area contributed by atoms with Crippen molar-refractivity contribution in [3.63, 3.8) is 0 Å². The summed E-state index contributed by atoms with van der Waals surface area (Å²) in [6.45, 7) is -2.18. The molecule has 1 atom stereocenters. The summed E-state index contributed by atoms with van der Waals surface area (Å²) < 4.78 is 50.5. The summed E-state index contributed by atoms with van der Waals surface area (Å²) in [6, 6.07) is 5.09. The van der Waals surface area contributed by atoms with Crippen LogP contribution < -0.4 is 5.32 Å². The highest BCUT2D eigenvalue weighted by Gasteiger charge is 2.47. The van der Waals surface area contributed by atoms with Gasteiger partial charge in [0.25, 0.3) is 5.91 Å². The van der Waals surface area contributed by atoms with Gasteiger partial charge in [0, 0.05) is 12.6 Å². The largest absolute Gasteiger partial charge is 0.406 e. The Morgan fingerprint density at radius 3 is 2.31 bits per heavy atom. The van der Waals surface area contributed by atoms with Crippen molar-refractivity contribution >= 4 is 17.6 Å². The number of ketones is 1. The van der Waals surface area contributed by atoms with Gasteiger partial charge in [0.15, 0.2) is 0 Å². The molecule has 1 aromatic rings. The maximum Gasteiger partial charge on any atom is 0.406 e. The molecule has 2 fully saturated rings. The number of amides is 2. The zero-order chi connectivity index (χ0) is 21.4. The van der Waals surface area contributed by atoms with E-state index in [1.54, 1.807) is 0 Å². The Kier molecular flexibility index (Phi) is 5.66. The number of rotatable bonds is 4. The van der Waals surface area contributed by atoms with Gasteiger partial charge in [-0.2, -0.15) is 13.2 Å². The lowest BCUT2D eigenvalue weighted by Crippen LogP contribution is -2.45. The van der Waals surface area contributed by atoms with Gasteiger partial charge < -0.3 is 15.3 Å². The standard InChI is InChI=1S/C19H20F4N2O4/c20-12-3-1-11(2-4-12)18(29)7-5-13(6-8-18)24-16(27)14-9-25(10-19(21,22)23)17(28)15(14)26/h1-4,13-14,29H,5-10H2,(H,24,27). The van der Waals surface area contributed by atoms with Crippen LogP contribution in [-0.2, 0) is 20.0 Å². The van der Waals surface area contributed by atoms with Gasteiger partial charge in [-0.15, -0.1) is 0 Å².